The Kier molecular flexibility index (Phi) is 4.42. The van der Waals surface area contributed by atoms with Gasteiger partial charge in [0.15, 0.2) is 6.29 Å². The van der Waals surface area contributed by atoms with Gasteiger partial charge in [0.2, 0.25) is 0 Å². The minimum Gasteiger partial charge on any atom is -0.465 e. The molecule has 0 unspecified atom stereocenters. The van der Waals surface area contributed by atoms with E-state index >= 15 is 0 Å². The molecule has 2 rings (SSSR count). The van der Waals surface area contributed by atoms with Crippen LogP contribution in [0.2, 0.25) is 0 Å². The van der Waals surface area contributed by atoms with E-state index in [1.807, 2.05) is 4.90 Å². The molecular weight excluding hydrogens is 276 g/mol. The number of hydrogen-bond donors (Lipinski definition) is 1. The average Bonchev–Trinajstić information content (AvgIpc) is 2.53. The van der Waals surface area contributed by atoms with E-state index in [1.54, 1.807) is 18.2 Å². The van der Waals surface area contributed by atoms with E-state index in [9.17, 15) is 14.4 Å². The van der Waals surface area contributed by atoms with Crippen molar-refractivity contribution in [2.75, 3.05) is 38.2 Å². The summed E-state index contributed by atoms with van der Waals surface area (Å²) in [5.74, 6) is -0.556. The van der Waals surface area contributed by atoms with Gasteiger partial charge in [0, 0.05) is 37.4 Å². The molecule has 7 heteroatoms. The van der Waals surface area contributed by atoms with Gasteiger partial charge in [-0.2, -0.15) is 0 Å². The number of carbonyl (C=O) groups is 3. The molecule has 0 radical (unpaired) electrons. The van der Waals surface area contributed by atoms with Crippen molar-refractivity contribution in [3.8, 4) is 0 Å². The van der Waals surface area contributed by atoms with E-state index in [4.69, 9.17) is 5.11 Å². The van der Waals surface area contributed by atoms with Crippen LogP contribution in [0.1, 0.15) is 20.7 Å². The lowest BCUT2D eigenvalue weighted by Crippen LogP contribution is -2.48. The van der Waals surface area contributed by atoms with E-state index in [0.717, 1.165) is 5.69 Å². The molecular formula is C14H16N2O5. The fourth-order valence-corrected chi connectivity index (χ4v) is 2.30. The Hall–Kier alpha value is -2.57. The molecule has 1 aliphatic heterocycles. The third kappa shape index (κ3) is 3.13. The highest BCUT2D eigenvalue weighted by Crippen LogP contribution is 2.21. The summed E-state index contributed by atoms with van der Waals surface area (Å²) >= 11 is 0. The number of carboxylic acid groups (broad SMARTS) is 1. The predicted molar refractivity (Wildman–Crippen MR) is 75.0 cm³/mol. The van der Waals surface area contributed by atoms with Gasteiger partial charge in [-0.25, -0.2) is 9.59 Å². The highest BCUT2D eigenvalue weighted by Gasteiger charge is 2.21. The first-order chi connectivity index (χ1) is 10.1. The number of benzene rings is 1. The number of piperazine rings is 1. The Morgan fingerprint density at radius 3 is 2.43 bits per heavy atom. The van der Waals surface area contributed by atoms with E-state index in [2.05, 4.69) is 4.74 Å². The van der Waals surface area contributed by atoms with Gasteiger partial charge in [-0.3, -0.25) is 4.79 Å². The van der Waals surface area contributed by atoms with Crippen molar-refractivity contribution < 1.29 is 24.2 Å². The van der Waals surface area contributed by atoms with Crippen LogP contribution in [0.4, 0.5) is 10.5 Å². The molecule has 0 atom stereocenters. The van der Waals surface area contributed by atoms with Gasteiger partial charge < -0.3 is 19.6 Å². The number of methoxy groups -OCH3 is 1. The zero-order valence-electron chi connectivity index (χ0n) is 11.6. The number of anilines is 1. The maximum Gasteiger partial charge on any atom is 0.407 e. The summed E-state index contributed by atoms with van der Waals surface area (Å²) in [5, 5.41) is 8.91. The zero-order chi connectivity index (χ0) is 15.4. The van der Waals surface area contributed by atoms with Crippen molar-refractivity contribution in [1.82, 2.24) is 4.90 Å². The second-order valence-electron chi connectivity index (χ2n) is 4.64. The van der Waals surface area contributed by atoms with Gasteiger partial charge >= 0.3 is 12.1 Å². The molecule has 0 bridgehead atoms. The molecule has 1 aromatic carbocycles. The third-order valence-corrected chi connectivity index (χ3v) is 3.48. The van der Waals surface area contributed by atoms with Crippen LogP contribution < -0.4 is 4.90 Å². The van der Waals surface area contributed by atoms with E-state index in [0.29, 0.717) is 32.5 Å². The summed E-state index contributed by atoms with van der Waals surface area (Å²) in [4.78, 5) is 36.8. The van der Waals surface area contributed by atoms with E-state index in [-0.39, 0.29) is 11.1 Å². The number of esters is 1. The van der Waals surface area contributed by atoms with Crippen LogP contribution in [0.15, 0.2) is 18.2 Å². The first kappa shape index (κ1) is 14.8. The molecule has 21 heavy (non-hydrogen) atoms. The molecule has 1 aliphatic rings. The van der Waals surface area contributed by atoms with Crippen LogP contribution in [-0.2, 0) is 4.74 Å². The number of aldehydes is 1. The fraction of sp³-hybridized carbons (Fsp3) is 0.357. The van der Waals surface area contributed by atoms with E-state index < -0.39 is 12.1 Å². The lowest BCUT2D eigenvalue weighted by atomic mass is 10.1. The van der Waals surface area contributed by atoms with Gasteiger partial charge in [0.05, 0.1) is 12.7 Å². The summed E-state index contributed by atoms with van der Waals surface area (Å²) in [6.07, 6.45) is -0.312. The van der Waals surface area contributed by atoms with E-state index in [1.165, 1.54) is 12.0 Å². The van der Waals surface area contributed by atoms with Crippen molar-refractivity contribution in [3.63, 3.8) is 0 Å². The molecule has 0 aliphatic carbocycles. The second kappa shape index (κ2) is 6.25. The maximum absolute atomic E-state index is 11.5. The lowest BCUT2D eigenvalue weighted by molar-refractivity contribution is 0.0598. The summed E-state index contributed by atoms with van der Waals surface area (Å²) in [6, 6.07) is 4.90. The normalized spacial score (nSPS) is 14.7. The van der Waals surface area contributed by atoms with Crippen molar-refractivity contribution >= 4 is 24.0 Å². The number of carbonyl (C=O) groups excluding carboxylic acids is 2. The van der Waals surface area contributed by atoms with Gasteiger partial charge in [-0.05, 0) is 18.2 Å². The zero-order valence-corrected chi connectivity index (χ0v) is 11.6. The highest BCUT2D eigenvalue weighted by molar-refractivity contribution is 5.99. The van der Waals surface area contributed by atoms with Crippen LogP contribution in [0.3, 0.4) is 0 Å². The Morgan fingerprint density at radius 2 is 1.90 bits per heavy atom. The predicted octanol–water partition coefficient (Wildman–Crippen LogP) is 1.09. The van der Waals surface area contributed by atoms with Crippen LogP contribution in [0.5, 0.6) is 0 Å². The molecule has 1 N–H and O–H groups in total. The molecule has 0 spiro atoms. The van der Waals surface area contributed by atoms with Crippen LogP contribution in [-0.4, -0.2) is 61.6 Å². The molecule has 1 heterocycles. The molecule has 7 nitrogen and oxygen atoms in total. The Morgan fingerprint density at radius 1 is 1.24 bits per heavy atom. The Balaban J connectivity index is 2.17. The quantitative estimate of drug-likeness (QED) is 0.662. The van der Waals surface area contributed by atoms with Gasteiger partial charge in [0.1, 0.15) is 0 Å². The molecule has 0 aromatic heterocycles. The van der Waals surface area contributed by atoms with Crippen molar-refractivity contribution in [2.45, 2.75) is 0 Å². The number of ether oxygens (including phenoxy) is 1. The number of nitrogens with zero attached hydrogens (tertiary/aromatic N) is 2. The molecule has 1 aromatic rings. The first-order valence-corrected chi connectivity index (χ1v) is 6.47. The number of hydrogen-bond acceptors (Lipinski definition) is 5. The second-order valence-corrected chi connectivity index (χ2v) is 4.64. The molecule has 1 amide bonds. The number of amides is 1. The van der Waals surface area contributed by atoms with Gasteiger partial charge in [-0.1, -0.05) is 0 Å². The van der Waals surface area contributed by atoms with Gasteiger partial charge in [-0.15, -0.1) is 0 Å². The molecule has 1 saturated heterocycles. The summed E-state index contributed by atoms with van der Waals surface area (Å²) in [5.41, 5.74) is 1.27. The molecule has 1 fully saturated rings. The average molecular weight is 292 g/mol. The molecule has 0 saturated carbocycles. The minimum atomic E-state index is -0.927. The smallest absolute Gasteiger partial charge is 0.407 e. The summed E-state index contributed by atoms with van der Waals surface area (Å²) in [6.45, 7) is 1.90. The lowest BCUT2D eigenvalue weighted by Gasteiger charge is -2.34. The topological polar surface area (TPSA) is 87.2 Å². The van der Waals surface area contributed by atoms with Crippen molar-refractivity contribution in [2.24, 2.45) is 0 Å². The summed E-state index contributed by atoms with van der Waals surface area (Å²) in [7, 11) is 1.26. The first-order valence-electron chi connectivity index (χ1n) is 6.47. The van der Waals surface area contributed by atoms with Crippen LogP contribution in [0, 0.1) is 0 Å². The van der Waals surface area contributed by atoms with Crippen LogP contribution >= 0.6 is 0 Å². The minimum absolute atomic E-state index is 0.223. The maximum atomic E-state index is 11.5. The van der Waals surface area contributed by atoms with Crippen LogP contribution in [0.25, 0.3) is 0 Å². The Bertz CT molecular complexity index is 564. The standard InChI is InChI=1S/C14H16N2O5/c1-21-13(18)12-3-2-11(8-10(12)9-17)15-4-6-16(7-5-15)14(19)20/h2-3,8-9H,4-7H2,1H3,(H,19,20). The van der Waals surface area contributed by atoms with Crippen molar-refractivity contribution in [3.05, 3.63) is 29.3 Å². The largest absolute Gasteiger partial charge is 0.465 e. The monoisotopic (exact) mass is 292 g/mol. The van der Waals surface area contributed by atoms with Crippen molar-refractivity contribution in [1.29, 1.82) is 0 Å². The molecule has 112 valence electrons. The SMILES string of the molecule is COC(=O)c1ccc(N2CCN(C(=O)O)CC2)cc1C=O. The number of rotatable bonds is 3. The summed E-state index contributed by atoms with van der Waals surface area (Å²) < 4.78 is 4.62. The fourth-order valence-electron chi connectivity index (χ4n) is 2.30. The third-order valence-electron chi connectivity index (χ3n) is 3.48. The van der Waals surface area contributed by atoms with Gasteiger partial charge in [0.25, 0.3) is 0 Å². The highest BCUT2D eigenvalue weighted by atomic mass is 16.5. The Labute approximate surface area is 121 Å².